The van der Waals surface area contributed by atoms with E-state index in [1.54, 1.807) is 6.07 Å². The molecule has 1 aromatic rings. The van der Waals surface area contributed by atoms with E-state index in [-0.39, 0.29) is 6.54 Å². The molecule has 0 amide bonds. The molecule has 16 heavy (non-hydrogen) atoms. The van der Waals surface area contributed by atoms with Crippen LogP contribution in [0.15, 0.2) is 24.3 Å². The Labute approximate surface area is 99.6 Å². The molecule has 1 aromatic carbocycles. The van der Waals surface area contributed by atoms with E-state index in [0.717, 1.165) is 18.5 Å². The molecule has 86 valence electrons. The molecular formula is C12H14ClNO2. The minimum Gasteiger partial charge on any atom is -0.480 e. The average Bonchev–Trinajstić information content (AvgIpc) is 2.13. The number of halogens is 1. The van der Waals surface area contributed by atoms with Crippen LogP contribution >= 0.6 is 11.6 Å². The minimum atomic E-state index is -0.799. The third-order valence-corrected chi connectivity index (χ3v) is 3.20. The maximum Gasteiger partial charge on any atom is 0.323 e. The van der Waals surface area contributed by atoms with Crippen LogP contribution in [-0.2, 0) is 4.79 Å². The molecule has 0 bridgehead atoms. The zero-order chi connectivity index (χ0) is 11.5. The lowest BCUT2D eigenvalue weighted by atomic mass is 9.91. The number of hydrogen-bond acceptors (Lipinski definition) is 2. The van der Waals surface area contributed by atoms with Crippen LogP contribution in [0.1, 0.15) is 19.3 Å². The molecule has 1 aliphatic carbocycles. The summed E-state index contributed by atoms with van der Waals surface area (Å²) in [7, 11) is 0. The molecule has 1 fully saturated rings. The Balaban J connectivity index is 2.19. The van der Waals surface area contributed by atoms with Crippen LogP contribution in [0.5, 0.6) is 0 Å². The van der Waals surface area contributed by atoms with Crippen LogP contribution in [-0.4, -0.2) is 23.7 Å². The van der Waals surface area contributed by atoms with Crippen molar-refractivity contribution in [3.63, 3.8) is 0 Å². The zero-order valence-electron chi connectivity index (χ0n) is 8.90. The third-order valence-electron chi connectivity index (χ3n) is 2.96. The normalized spacial score (nSPS) is 15.6. The first kappa shape index (κ1) is 11.3. The number of carboxylic acids is 1. The van der Waals surface area contributed by atoms with Crippen LogP contribution in [0.25, 0.3) is 0 Å². The van der Waals surface area contributed by atoms with Crippen molar-refractivity contribution in [3.05, 3.63) is 29.3 Å². The molecular weight excluding hydrogens is 226 g/mol. The molecule has 0 saturated heterocycles. The lowest BCUT2D eigenvalue weighted by Crippen LogP contribution is -2.43. The van der Waals surface area contributed by atoms with Crippen molar-refractivity contribution in [1.82, 2.24) is 0 Å². The van der Waals surface area contributed by atoms with Gasteiger partial charge in [0.2, 0.25) is 0 Å². The Hall–Kier alpha value is -1.22. The second kappa shape index (κ2) is 4.74. The molecule has 2 rings (SSSR count). The number of nitrogens with zero attached hydrogens (tertiary/aromatic N) is 1. The predicted molar refractivity (Wildman–Crippen MR) is 64.1 cm³/mol. The fourth-order valence-corrected chi connectivity index (χ4v) is 2.11. The van der Waals surface area contributed by atoms with Gasteiger partial charge < -0.3 is 10.0 Å². The van der Waals surface area contributed by atoms with Crippen molar-refractivity contribution >= 4 is 23.3 Å². The van der Waals surface area contributed by atoms with Gasteiger partial charge in [-0.15, -0.1) is 0 Å². The summed E-state index contributed by atoms with van der Waals surface area (Å²) >= 11 is 5.92. The first-order chi connectivity index (χ1) is 7.66. The summed E-state index contributed by atoms with van der Waals surface area (Å²) in [6, 6.07) is 7.74. The van der Waals surface area contributed by atoms with Gasteiger partial charge in [-0.2, -0.15) is 0 Å². The Morgan fingerprint density at radius 1 is 1.50 bits per heavy atom. The fourth-order valence-electron chi connectivity index (χ4n) is 1.93. The van der Waals surface area contributed by atoms with Gasteiger partial charge in [-0.25, -0.2) is 0 Å². The molecule has 0 unspecified atom stereocenters. The van der Waals surface area contributed by atoms with Crippen molar-refractivity contribution in [3.8, 4) is 0 Å². The maximum absolute atomic E-state index is 10.8. The van der Waals surface area contributed by atoms with E-state index in [1.807, 2.05) is 23.1 Å². The van der Waals surface area contributed by atoms with Gasteiger partial charge in [0.15, 0.2) is 0 Å². The van der Waals surface area contributed by atoms with Crippen LogP contribution < -0.4 is 4.90 Å². The number of carbonyl (C=O) groups is 1. The molecule has 1 saturated carbocycles. The summed E-state index contributed by atoms with van der Waals surface area (Å²) in [6.07, 6.45) is 3.32. The first-order valence-corrected chi connectivity index (χ1v) is 5.78. The summed E-state index contributed by atoms with van der Waals surface area (Å²) in [6.45, 7) is 0.0466. The van der Waals surface area contributed by atoms with Crippen molar-refractivity contribution < 1.29 is 9.90 Å². The summed E-state index contributed by atoms with van der Waals surface area (Å²) in [5.41, 5.74) is 0.902. The molecule has 0 spiro atoms. The van der Waals surface area contributed by atoms with E-state index >= 15 is 0 Å². The molecule has 1 aliphatic rings. The standard InChI is InChI=1S/C12H14ClNO2/c13-9-3-1-6-11(7-9)14(8-12(15)16)10-4-2-5-10/h1,3,6-7,10H,2,4-5,8H2,(H,15,16). The van der Waals surface area contributed by atoms with Gasteiger partial charge in [0.1, 0.15) is 6.54 Å². The van der Waals surface area contributed by atoms with Crippen LogP contribution in [0, 0.1) is 0 Å². The van der Waals surface area contributed by atoms with Crippen molar-refractivity contribution in [2.24, 2.45) is 0 Å². The van der Waals surface area contributed by atoms with Gasteiger partial charge >= 0.3 is 5.97 Å². The maximum atomic E-state index is 10.8. The van der Waals surface area contributed by atoms with Gasteiger partial charge in [-0.1, -0.05) is 17.7 Å². The van der Waals surface area contributed by atoms with Crippen LogP contribution in [0.2, 0.25) is 5.02 Å². The summed E-state index contributed by atoms with van der Waals surface area (Å²) in [5, 5.41) is 9.55. The zero-order valence-corrected chi connectivity index (χ0v) is 9.65. The van der Waals surface area contributed by atoms with E-state index in [0.29, 0.717) is 11.1 Å². The smallest absolute Gasteiger partial charge is 0.323 e. The first-order valence-electron chi connectivity index (χ1n) is 5.41. The van der Waals surface area contributed by atoms with Crippen LogP contribution in [0.3, 0.4) is 0 Å². The van der Waals surface area contributed by atoms with Gasteiger partial charge in [-0.3, -0.25) is 4.79 Å². The van der Waals surface area contributed by atoms with Crippen molar-refractivity contribution in [2.75, 3.05) is 11.4 Å². The SMILES string of the molecule is O=C(O)CN(c1cccc(Cl)c1)C1CCC1. The summed E-state index contributed by atoms with van der Waals surface area (Å²) in [5.74, 6) is -0.799. The van der Waals surface area contributed by atoms with Gasteiger partial charge in [0.25, 0.3) is 0 Å². The number of carboxylic acid groups (broad SMARTS) is 1. The lowest BCUT2D eigenvalue weighted by molar-refractivity contribution is -0.135. The molecule has 0 aliphatic heterocycles. The number of benzene rings is 1. The summed E-state index contributed by atoms with van der Waals surface area (Å²) < 4.78 is 0. The van der Waals surface area contributed by atoms with E-state index < -0.39 is 5.97 Å². The molecule has 4 heteroatoms. The Kier molecular flexibility index (Phi) is 3.34. The quantitative estimate of drug-likeness (QED) is 0.879. The van der Waals surface area contributed by atoms with E-state index in [1.165, 1.54) is 6.42 Å². The minimum absolute atomic E-state index is 0.0466. The second-order valence-electron chi connectivity index (χ2n) is 4.09. The third kappa shape index (κ3) is 2.47. The average molecular weight is 240 g/mol. The fraction of sp³-hybridized carbons (Fsp3) is 0.417. The van der Waals surface area contributed by atoms with Gasteiger partial charge in [-0.05, 0) is 37.5 Å². The van der Waals surface area contributed by atoms with Crippen molar-refractivity contribution in [2.45, 2.75) is 25.3 Å². The monoisotopic (exact) mass is 239 g/mol. The highest BCUT2D eigenvalue weighted by molar-refractivity contribution is 6.30. The molecule has 1 N–H and O–H groups in total. The van der Waals surface area contributed by atoms with Crippen molar-refractivity contribution in [1.29, 1.82) is 0 Å². The Bertz CT molecular complexity index is 390. The number of rotatable bonds is 4. The Morgan fingerprint density at radius 3 is 2.75 bits per heavy atom. The highest BCUT2D eigenvalue weighted by Crippen LogP contribution is 2.30. The highest BCUT2D eigenvalue weighted by atomic mass is 35.5. The van der Waals surface area contributed by atoms with E-state index in [2.05, 4.69) is 0 Å². The molecule has 3 nitrogen and oxygen atoms in total. The molecule has 0 atom stereocenters. The molecule has 0 heterocycles. The van der Waals surface area contributed by atoms with E-state index in [4.69, 9.17) is 16.7 Å². The lowest BCUT2D eigenvalue weighted by Gasteiger charge is -2.38. The number of anilines is 1. The predicted octanol–water partition coefficient (Wildman–Crippen LogP) is 2.78. The van der Waals surface area contributed by atoms with Gasteiger partial charge in [0, 0.05) is 16.8 Å². The summed E-state index contributed by atoms with van der Waals surface area (Å²) in [4.78, 5) is 12.8. The number of aliphatic carboxylic acids is 1. The van der Waals surface area contributed by atoms with Gasteiger partial charge in [0.05, 0.1) is 0 Å². The number of hydrogen-bond donors (Lipinski definition) is 1. The Morgan fingerprint density at radius 2 is 2.25 bits per heavy atom. The highest BCUT2D eigenvalue weighted by Gasteiger charge is 2.26. The van der Waals surface area contributed by atoms with Crippen LogP contribution in [0.4, 0.5) is 5.69 Å². The molecule has 0 radical (unpaired) electrons. The van der Waals surface area contributed by atoms with E-state index in [9.17, 15) is 4.79 Å². The molecule has 0 aromatic heterocycles. The topological polar surface area (TPSA) is 40.5 Å². The largest absolute Gasteiger partial charge is 0.480 e. The second-order valence-corrected chi connectivity index (χ2v) is 4.52.